The lowest BCUT2D eigenvalue weighted by Gasteiger charge is -2.02. The molecule has 0 fully saturated rings. The predicted molar refractivity (Wildman–Crippen MR) is 55.9 cm³/mol. The summed E-state index contributed by atoms with van der Waals surface area (Å²) in [7, 11) is 0. The van der Waals surface area contributed by atoms with Gasteiger partial charge in [0.1, 0.15) is 0 Å². The second kappa shape index (κ2) is 3.20. The molecule has 1 nitrogen and oxygen atoms in total. The molecule has 2 rings (SSSR count). The molecule has 1 heterocycles. The van der Waals surface area contributed by atoms with Crippen LogP contribution in [0.15, 0.2) is 18.2 Å². The van der Waals surface area contributed by atoms with Gasteiger partial charge in [0.05, 0.1) is 5.00 Å². The van der Waals surface area contributed by atoms with Crippen molar-refractivity contribution in [3.05, 3.63) is 29.3 Å². The average Bonchev–Trinajstić information content (AvgIpc) is 2.42. The summed E-state index contributed by atoms with van der Waals surface area (Å²) < 4.78 is 25.9. The van der Waals surface area contributed by atoms with Crippen LogP contribution in [-0.2, 0) is 0 Å². The van der Waals surface area contributed by atoms with Gasteiger partial charge >= 0.3 is 0 Å². The number of aryl methyl sites for hydroxylation is 1. The highest BCUT2D eigenvalue weighted by molar-refractivity contribution is 7.22. The summed E-state index contributed by atoms with van der Waals surface area (Å²) in [6.45, 7) is 1.80. The van der Waals surface area contributed by atoms with Gasteiger partial charge in [-0.05, 0) is 30.0 Å². The molecular formula is C10H9F2NS. The highest BCUT2D eigenvalue weighted by atomic mass is 32.1. The predicted octanol–water partition coefficient (Wildman–Crippen LogP) is 3.73. The number of thiophene rings is 1. The fourth-order valence-corrected chi connectivity index (χ4v) is 2.44. The zero-order chi connectivity index (χ0) is 10.3. The van der Waals surface area contributed by atoms with Crippen molar-refractivity contribution in [1.82, 2.24) is 0 Å². The second-order valence-corrected chi connectivity index (χ2v) is 4.31. The Morgan fingerprint density at radius 1 is 1.29 bits per heavy atom. The highest BCUT2D eigenvalue weighted by Crippen LogP contribution is 2.36. The zero-order valence-electron chi connectivity index (χ0n) is 7.55. The van der Waals surface area contributed by atoms with E-state index >= 15 is 0 Å². The summed E-state index contributed by atoms with van der Waals surface area (Å²) >= 11 is 1.21. The molecule has 1 aromatic carbocycles. The molecule has 0 radical (unpaired) electrons. The van der Waals surface area contributed by atoms with Gasteiger partial charge in [0.25, 0.3) is 6.43 Å². The van der Waals surface area contributed by atoms with E-state index in [1.165, 1.54) is 17.4 Å². The Balaban J connectivity index is 2.79. The lowest BCUT2D eigenvalue weighted by Crippen LogP contribution is -1.85. The van der Waals surface area contributed by atoms with E-state index in [1.54, 1.807) is 13.0 Å². The fourth-order valence-electron chi connectivity index (χ4n) is 1.52. The van der Waals surface area contributed by atoms with Gasteiger partial charge in [-0.15, -0.1) is 11.3 Å². The third-order valence-corrected chi connectivity index (χ3v) is 3.07. The maximum atomic E-state index is 12.7. The van der Waals surface area contributed by atoms with Crippen LogP contribution in [0.5, 0.6) is 0 Å². The van der Waals surface area contributed by atoms with Crippen molar-refractivity contribution in [2.45, 2.75) is 13.3 Å². The molecule has 0 aliphatic heterocycles. The van der Waals surface area contributed by atoms with Gasteiger partial charge in [-0.2, -0.15) is 0 Å². The maximum absolute atomic E-state index is 12.7. The van der Waals surface area contributed by atoms with E-state index in [0.29, 0.717) is 9.70 Å². The van der Waals surface area contributed by atoms with Gasteiger partial charge in [0, 0.05) is 10.3 Å². The topological polar surface area (TPSA) is 26.0 Å². The van der Waals surface area contributed by atoms with Crippen LogP contribution in [0, 0.1) is 6.92 Å². The number of hydrogen-bond donors (Lipinski definition) is 1. The highest BCUT2D eigenvalue weighted by Gasteiger charge is 2.14. The second-order valence-electron chi connectivity index (χ2n) is 3.22. The van der Waals surface area contributed by atoms with Crippen LogP contribution in [0.3, 0.4) is 0 Å². The molecule has 0 saturated carbocycles. The number of nitrogen functional groups attached to an aromatic ring is 1. The Bertz CT molecular complexity index is 476. The van der Waals surface area contributed by atoms with E-state index in [4.69, 9.17) is 5.73 Å². The minimum absolute atomic E-state index is 0.0849. The summed E-state index contributed by atoms with van der Waals surface area (Å²) in [5, 5.41) is 1.38. The molecule has 0 spiro atoms. The summed E-state index contributed by atoms with van der Waals surface area (Å²) in [5.74, 6) is 0. The van der Waals surface area contributed by atoms with Crippen molar-refractivity contribution in [2.75, 3.05) is 5.73 Å². The molecule has 0 aliphatic rings. The van der Waals surface area contributed by atoms with Crippen molar-refractivity contribution in [3.63, 3.8) is 0 Å². The van der Waals surface area contributed by atoms with E-state index in [1.807, 2.05) is 6.07 Å². The van der Waals surface area contributed by atoms with Gasteiger partial charge in [0.15, 0.2) is 0 Å². The molecule has 1 aromatic heterocycles. The van der Waals surface area contributed by atoms with E-state index in [0.717, 1.165) is 10.9 Å². The third kappa shape index (κ3) is 1.46. The largest absolute Gasteiger partial charge is 0.391 e. The molecule has 74 valence electrons. The number of anilines is 1. The Hall–Kier alpha value is -1.16. The summed E-state index contributed by atoms with van der Waals surface area (Å²) in [5.41, 5.74) is 6.51. The van der Waals surface area contributed by atoms with Gasteiger partial charge in [0.2, 0.25) is 0 Å². The van der Waals surface area contributed by atoms with E-state index in [-0.39, 0.29) is 5.56 Å². The average molecular weight is 213 g/mol. The SMILES string of the molecule is Cc1cc(C(F)F)c2sc(N)cc2c1. The van der Waals surface area contributed by atoms with Crippen molar-refractivity contribution >= 4 is 26.4 Å². The molecule has 0 aliphatic carbocycles. The first-order valence-corrected chi connectivity index (χ1v) is 4.97. The number of rotatable bonds is 1. The summed E-state index contributed by atoms with van der Waals surface area (Å²) in [6.07, 6.45) is -2.43. The van der Waals surface area contributed by atoms with Crippen molar-refractivity contribution in [3.8, 4) is 0 Å². The van der Waals surface area contributed by atoms with Gasteiger partial charge in [-0.25, -0.2) is 8.78 Å². The Morgan fingerprint density at radius 3 is 2.64 bits per heavy atom. The van der Waals surface area contributed by atoms with Gasteiger partial charge < -0.3 is 5.73 Å². The van der Waals surface area contributed by atoms with Crippen molar-refractivity contribution < 1.29 is 8.78 Å². The smallest absolute Gasteiger partial charge is 0.265 e. The molecule has 0 bridgehead atoms. The number of nitrogens with two attached hydrogens (primary N) is 1. The molecule has 0 saturated heterocycles. The van der Waals surface area contributed by atoms with Crippen molar-refractivity contribution in [2.24, 2.45) is 0 Å². The van der Waals surface area contributed by atoms with Gasteiger partial charge in [-0.1, -0.05) is 6.07 Å². The minimum Gasteiger partial charge on any atom is -0.391 e. The molecule has 0 atom stereocenters. The Kier molecular flexibility index (Phi) is 2.15. The first kappa shape index (κ1) is 9.40. The molecule has 2 aromatic rings. The zero-order valence-corrected chi connectivity index (χ0v) is 8.37. The lowest BCUT2D eigenvalue weighted by atomic mass is 10.1. The monoisotopic (exact) mass is 213 g/mol. The van der Waals surface area contributed by atoms with Crippen LogP contribution in [0.1, 0.15) is 17.6 Å². The van der Waals surface area contributed by atoms with Crippen LogP contribution >= 0.6 is 11.3 Å². The lowest BCUT2D eigenvalue weighted by molar-refractivity contribution is 0.153. The van der Waals surface area contributed by atoms with Crippen LogP contribution in [0.25, 0.3) is 10.1 Å². The first-order chi connectivity index (χ1) is 6.58. The Morgan fingerprint density at radius 2 is 2.00 bits per heavy atom. The van der Waals surface area contributed by atoms with E-state index < -0.39 is 6.43 Å². The number of alkyl halides is 2. The number of fused-ring (bicyclic) bond motifs is 1. The number of hydrogen-bond acceptors (Lipinski definition) is 2. The summed E-state index contributed by atoms with van der Waals surface area (Å²) in [4.78, 5) is 0. The van der Waals surface area contributed by atoms with Crippen LogP contribution < -0.4 is 5.73 Å². The summed E-state index contributed by atoms with van der Waals surface area (Å²) in [6, 6.07) is 5.12. The fraction of sp³-hybridized carbons (Fsp3) is 0.200. The molecule has 14 heavy (non-hydrogen) atoms. The van der Waals surface area contributed by atoms with Crippen LogP contribution in [0.4, 0.5) is 13.8 Å². The minimum atomic E-state index is -2.43. The quantitative estimate of drug-likeness (QED) is 0.767. The first-order valence-electron chi connectivity index (χ1n) is 4.15. The molecule has 0 amide bonds. The normalized spacial score (nSPS) is 11.4. The van der Waals surface area contributed by atoms with E-state index in [9.17, 15) is 8.78 Å². The maximum Gasteiger partial charge on any atom is 0.265 e. The van der Waals surface area contributed by atoms with E-state index in [2.05, 4.69) is 0 Å². The molecular weight excluding hydrogens is 204 g/mol. The Labute approximate surface area is 84.2 Å². The van der Waals surface area contributed by atoms with Gasteiger partial charge in [-0.3, -0.25) is 0 Å². The van der Waals surface area contributed by atoms with Crippen molar-refractivity contribution in [1.29, 1.82) is 0 Å². The standard InChI is InChI=1S/C10H9F2NS/c1-5-2-6-4-8(13)14-9(6)7(3-5)10(11)12/h2-4,10H,13H2,1H3. The molecule has 2 N–H and O–H groups in total. The van der Waals surface area contributed by atoms with Crippen LogP contribution in [-0.4, -0.2) is 0 Å². The molecule has 0 unspecified atom stereocenters. The molecule has 4 heteroatoms. The number of benzene rings is 1. The third-order valence-electron chi connectivity index (χ3n) is 2.04. The van der Waals surface area contributed by atoms with Crippen LogP contribution in [0.2, 0.25) is 0 Å². The number of halogens is 2.